The van der Waals surface area contributed by atoms with Crippen molar-refractivity contribution in [1.82, 2.24) is 20.4 Å². The Bertz CT molecular complexity index is 845. The van der Waals surface area contributed by atoms with E-state index in [9.17, 15) is 23.2 Å². The van der Waals surface area contributed by atoms with Gasteiger partial charge in [-0.05, 0) is 51.8 Å². The molecule has 2 rings (SSSR count). The number of amides is 3. The fourth-order valence-corrected chi connectivity index (χ4v) is 3.57. The van der Waals surface area contributed by atoms with Crippen LogP contribution in [0.4, 0.5) is 13.6 Å². The summed E-state index contributed by atoms with van der Waals surface area (Å²) in [6, 6.07) is 2.24. The van der Waals surface area contributed by atoms with Crippen LogP contribution in [0.2, 0.25) is 0 Å². The predicted molar refractivity (Wildman–Crippen MR) is 124 cm³/mol. The van der Waals surface area contributed by atoms with Gasteiger partial charge in [0, 0.05) is 32.7 Å². The highest BCUT2D eigenvalue weighted by Crippen LogP contribution is 2.14. The Morgan fingerprint density at radius 1 is 1.06 bits per heavy atom. The normalized spacial score (nSPS) is 15.7. The monoisotopic (exact) mass is 482 g/mol. The van der Waals surface area contributed by atoms with Crippen LogP contribution in [0.1, 0.15) is 51.4 Å². The van der Waals surface area contributed by atoms with E-state index in [1.807, 2.05) is 20.8 Å². The molecule has 1 atom stereocenters. The molecule has 0 bridgehead atoms. The molecule has 8 nitrogen and oxygen atoms in total. The van der Waals surface area contributed by atoms with Crippen LogP contribution in [0.25, 0.3) is 0 Å². The summed E-state index contributed by atoms with van der Waals surface area (Å²) < 4.78 is 33.2. The highest BCUT2D eigenvalue weighted by atomic mass is 19.1. The van der Waals surface area contributed by atoms with Gasteiger partial charge < -0.3 is 20.3 Å². The standard InChI is InChI=1S/C24H36F2N4O4/c1-16(2)20(28-21(31)19-17(25)8-6-9-18(19)26)22(32)27-10-7-11-29-12-14-30(15-13-29)23(33)34-24(3,4)5/h6,8-9,16,20H,7,10-15H2,1-5H3,(H,27,32)(H,28,31)/t20-/m0/s1. The van der Waals surface area contributed by atoms with E-state index in [2.05, 4.69) is 15.5 Å². The zero-order valence-corrected chi connectivity index (χ0v) is 20.6. The summed E-state index contributed by atoms with van der Waals surface area (Å²) in [7, 11) is 0. The van der Waals surface area contributed by atoms with Crippen molar-refractivity contribution in [3.05, 3.63) is 35.4 Å². The Balaban J connectivity index is 1.76. The molecule has 34 heavy (non-hydrogen) atoms. The molecule has 0 unspecified atom stereocenters. The lowest BCUT2D eigenvalue weighted by molar-refractivity contribution is -0.123. The summed E-state index contributed by atoms with van der Waals surface area (Å²) in [5.41, 5.74) is -1.23. The van der Waals surface area contributed by atoms with Crippen LogP contribution in [0.15, 0.2) is 18.2 Å². The molecule has 1 heterocycles. The van der Waals surface area contributed by atoms with Crippen molar-refractivity contribution in [2.45, 2.75) is 52.7 Å². The molecule has 0 radical (unpaired) electrons. The fourth-order valence-electron chi connectivity index (χ4n) is 3.57. The number of hydrogen-bond acceptors (Lipinski definition) is 5. The first-order chi connectivity index (χ1) is 15.9. The highest BCUT2D eigenvalue weighted by molar-refractivity contribution is 5.98. The van der Waals surface area contributed by atoms with Crippen molar-refractivity contribution in [2.75, 3.05) is 39.3 Å². The van der Waals surface area contributed by atoms with Gasteiger partial charge in [-0.3, -0.25) is 14.5 Å². The molecule has 10 heteroatoms. The Morgan fingerprint density at radius 3 is 2.18 bits per heavy atom. The third-order valence-electron chi connectivity index (χ3n) is 5.40. The lowest BCUT2D eigenvalue weighted by Gasteiger charge is -2.35. The highest BCUT2D eigenvalue weighted by Gasteiger charge is 2.28. The number of hydrogen-bond donors (Lipinski definition) is 2. The molecule has 1 aromatic carbocycles. The maximum absolute atomic E-state index is 13.9. The van der Waals surface area contributed by atoms with Gasteiger partial charge in [0.1, 0.15) is 28.8 Å². The van der Waals surface area contributed by atoms with Gasteiger partial charge in [0.15, 0.2) is 0 Å². The summed E-state index contributed by atoms with van der Waals surface area (Å²) in [6.45, 7) is 12.7. The molecule has 3 amide bonds. The van der Waals surface area contributed by atoms with Crippen molar-refractivity contribution in [3.63, 3.8) is 0 Å². The summed E-state index contributed by atoms with van der Waals surface area (Å²) in [6.07, 6.45) is 0.371. The number of benzene rings is 1. The average Bonchev–Trinajstić information content (AvgIpc) is 2.73. The van der Waals surface area contributed by atoms with Crippen LogP contribution in [0.3, 0.4) is 0 Å². The van der Waals surface area contributed by atoms with Gasteiger partial charge in [0.25, 0.3) is 5.91 Å². The number of nitrogens with zero attached hydrogens (tertiary/aromatic N) is 2. The Kier molecular flexibility index (Phi) is 9.78. The number of halogens is 2. The van der Waals surface area contributed by atoms with E-state index in [-0.39, 0.29) is 12.0 Å². The molecule has 1 saturated heterocycles. The fraction of sp³-hybridized carbons (Fsp3) is 0.625. The number of ether oxygens (including phenoxy) is 1. The van der Waals surface area contributed by atoms with Gasteiger partial charge in [-0.1, -0.05) is 19.9 Å². The smallest absolute Gasteiger partial charge is 0.410 e. The van der Waals surface area contributed by atoms with E-state index >= 15 is 0 Å². The van der Waals surface area contributed by atoms with E-state index < -0.39 is 40.7 Å². The Hall–Kier alpha value is -2.75. The minimum Gasteiger partial charge on any atom is -0.444 e. The van der Waals surface area contributed by atoms with E-state index in [0.29, 0.717) is 39.1 Å². The van der Waals surface area contributed by atoms with Gasteiger partial charge in [0.05, 0.1) is 0 Å². The van der Waals surface area contributed by atoms with Crippen molar-refractivity contribution < 1.29 is 27.9 Å². The molecule has 0 saturated carbocycles. The van der Waals surface area contributed by atoms with Crippen LogP contribution < -0.4 is 10.6 Å². The molecule has 1 fully saturated rings. The summed E-state index contributed by atoms with van der Waals surface area (Å²) in [5.74, 6) is -3.61. The van der Waals surface area contributed by atoms with Crippen LogP contribution in [0.5, 0.6) is 0 Å². The van der Waals surface area contributed by atoms with Crippen LogP contribution >= 0.6 is 0 Å². The van der Waals surface area contributed by atoms with Gasteiger partial charge in [0.2, 0.25) is 5.91 Å². The molecular weight excluding hydrogens is 446 g/mol. The number of piperazine rings is 1. The van der Waals surface area contributed by atoms with Crippen LogP contribution in [0, 0.1) is 17.6 Å². The number of nitrogens with one attached hydrogen (secondary N) is 2. The third kappa shape index (κ3) is 8.23. The van der Waals surface area contributed by atoms with Gasteiger partial charge >= 0.3 is 6.09 Å². The minimum absolute atomic E-state index is 0.278. The van der Waals surface area contributed by atoms with Crippen molar-refractivity contribution in [2.24, 2.45) is 5.92 Å². The minimum atomic E-state index is -0.979. The quantitative estimate of drug-likeness (QED) is 0.556. The average molecular weight is 483 g/mol. The zero-order valence-electron chi connectivity index (χ0n) is 20.6. The predicted octanol–water partition coefficient (Wildman–Crippen LogP) is 2.78. The second kappa shape index (κ2) is 12.1. The lowest BCUT2D eigenvalue weighted by Crippen LogP contribution is -2.51. The zero-order chi connectivity index (χ0) is 25.5. The number of carbonyl (C=O) groups is 3. The van der Waals surface area contributed by atoms with E-state index in [1.54, 1.807) is 18.7 Å². The number of carbonyl (C=O) groups excluding carboxylic acids is 3. The van der Waals surface area contributed by atoms with Crippen LogP contribution in [-0.2, 0) is 9.53 Å². The second-order valence-electron chi connectivity index (χ2n) is 9.75. The van der Waals surface area contributed by atoms with Crippen molar-refractivity contribution in [1.29, 1.82) is 0 Å². The second-order valence-corrected chi connectivity index (χ2v) is 9.75. The van der Waals surface area contributed by atoms with E-state index in [0.717, 1.165) is 18.7 Å². The third-order valence-corrected chi connectivity index (χ3v) is 5.40. The molecule has 190 valence electrons. The molecule has 1 aromatic rings. The molecule has 1 aliphatic heterocycles. The molecule has 1 aliphatic rings. The SMILES string of the molecule is CC(C)[C@H](NC(=O)c1c(F)cccc1F)C(=O)NCCCN1CCN(C(=O)OC(C)(C)C)CC1. The molecule has 0 aliphatic carbocycles. The van der Waals surface area contributed by atoms with Crippen molar-refractivity contribution >= 4 is 17.9 Å². The van der Waals surface area contributed by atoms with E-state index in [4.69, 9.17) is 4.74 Å². The molecule has 0 spiro atoms. The topological polar surface area (TPSA) is 91.0 Å². The Labute approximate surface area is 200 Å². The first kappa shape index (κ1) is 27.5. The first-order valence-electron chi connectivity index (χ1n) is 11.6. The summed E-state index contributed by atoms with van der Waals surface area (Å²) in [4.78, 5) is 41.0. The Morgan fingerprint density at radius 2 is 1.65 bits per heavy atom. The van der Waals surface area contributed by atoms with Crippen LogP contribution in [-0.4, -0.2) is 78.6 Å². The van der Waals surface area contributed by atoms with E-state index in [1.165, 1.54) is 6.07 Å². The van der Waals surface area contributed by atoms with Gasteiger partial charge in [-0.15, -0.1) is 0 Å². The van der Waals surface area contributed by atoms with Crippen molar-refractivity contribution in [3.8, 4) is 0 Å². The maximum Gasteiger partial charge on any atom is 0.410 e. The molecular formula is C24H36F2N4O4. The molecule has 2 N–H and O–H groups in total. The summed E-state index contributed by atoms with van der Waals surface area (Å²) >= 11 is 0. The maximum atomic E-state index is 13.9. The lowest BCUT2D eigenvalue weighted by atomic mass is 10.0. The first-order valence-corrected chi connectivity index (χ1v) is 11.6. The summed E-state index contributed by atoms with van der Waals surface area (Å²) in [5, 5.41) is 5.24. The number of rotatable bonds is 8. The molecule has 0 aromatic heterocycles. The largest absolute Gasteiger partial charge is 0.444 e. The van der Waals surface area contributed by atoms with Gasteiger partial charge in [-0.25, -0.2) is 13.6 Å². The van der Waals surface area contributed by atoms with Gasteiger partial charge in [-0.2, -0.15) is 0 Å².